The van der Waals surface area contributed by atoms with E-state index in [1.54, 1.807) is 31.5 Å². The average Bonchev–Trinajstić information content (AvgIpc) is 2.78. The van der Waals surface area contributed by atoms with Crippen molar-refractivity contribution < 1.29 is 14.3 Å². The second-order valence-electron chi connectivity index (χ2n) is 6.66. The maximum Gasteiger partial charge on any atom is 0.317 e. The predicted molar refractivity (Wildman–Crippen MR) is 112 cm³/mol. The fourth-order valence-corrected chi connectivity index (χ4v) is 2.74. The van der Waals surface area contributed by atoms with Crippen molar-refractivity contribution >= 4 is 6.03 Å². The molecule has 0 bridgehead atoms. The van der Waals surface area contributed by atoms with Crippen LogP contribution in [0.5, 0.6) is 11.5 Å². The molecule has 0 aliphatic heterocycles. The molecule has 1 aromatic heterocycles. The second kappa shape index (κ2) is 10.1. The zero-order valence-corrected chi connectivity index (χ0v) is 16.7. The lowest BCUT2D eigenvalue weighted by molar-refractivity contribution is 0.206. The van der Waals surface area contributed by atoms with Gasteiger partial charge in [-0.3, -0.25) is 4.98 Å². The predicted octanol–water partition coefficient (Wildman–Crippen LogP) is 4.01. The van der Waals surface area contributed by atoms with Crippen molar-refractivity contribution in [3.05, 3.63) is 89.7 Å². The Kier molecular flexibility index (Phi) is 7.05. The number of pyridine rings is 1. The highest BCUT2D eigenvalue weighted by molar-refractivity contribution is 5.73. The molecule has 0 spiro atoms. The molecule has 1 N–H and O–H groups in total. The Morgan fingerprint density at radius 3 is 2.31 bits per heavy atom. The fourth-order valence-electron chi connectivity index (χ4n) is 2.74. The van der Waals surface area contributed by atoms with Crippen LogP contribution in [0.4, 0.5) is 4.79 Å². The van der Waals surface area contributed by atoms with E-state index < -0.39 is 0 Å². The molecule has 3 rings (SSSR count). The molecule has 0 saturated heterocycles. The smallest absolute Gasteiger partial charge is 0.317 e. The first-order valence-corrected chi connectivity index (χ1v) is 9.36. The van der Waals surface area contributed by atoms with Gasteiger partial charge in [-0.1, -0.05) is 30.3 Å². The van der Waals surface area contributed by atoms with Crippen LogP contribution in [0.2, 0.25) is 0 Å². The summed E-state index contributed by atoms with van der Waals surface area (Å²) in [5.74, 6) is 1.58. The number of nitrogens with one attached hydrogen (secondary N) is 1. The molecule has 0 unspecified atom stereocenters. The van der Waals surface area contributed by atoms with Gasteiger partial charge in [-0.2, -0.15) is 0 Å². The van der Waals surface area contributed by atoms with E-state index in [1.165, 1.54) is 0 Å². The third-order valence-corrected chi connectivity index (χ3v) is 4.42. The number of hydrogen-bond acceptors (Lipinski definition) is 4. The standard InChI is InChI=1S/C23H25N3O3/c1-26(16-19-7-9-21(28-2)10-8-19)23(27)25-15-18-5-11-22(12-6-18)29-17-20-4-3-13-24-14-20/h3-14H,15-17H2,1-2H3,(H,25,27). The largest absolute Gasteiger partial charge is 0.497 e. The van der Waals surface area contributed by atoms with Gasteiger partial charge in [-0.05, 0) is 41.5 Å². The van der Waals surface area contributed by atoms with Crippen LogP contribution in [0.15, 0.2) is 73.1 Å². The maximum absolute atomic E-state index is 12.3. The number of methoxy groups -OCH3 is 1. The van der Waals surface area contributed by atoms with Crippen molar-refractivity contribution in [2.24, 2.45) is 0 Å². The number of carbonyl (C=O) groups is 1. The van der Waals surface area contributed by atoms with E-state index in [0.29, 0.717) is 19.7 Å². The molecule has 0 atom stereocenters. The van der Waals surface area contributed by atoms with E-state index in [0.717, 1.165) is 28.2 Å². The summed E-state index contributed by atoms with van der Waals surface area (Å²) >= 11 is 0. The van der Waals surface area contributed by atoms with Crippen molar-refractivity contribution in [2.75, 3.05) is 14.2 Å². The van der Waals surface area contributed by atoms with E-state index >= 15 is 0 Å². The third kappa shape index (κ3) is 6.24. The van der Waals surface area contributed by atoms with Gasteiger partial charge in [0.2, 0.25) is 0 Å². The Hall–Kier alpha value is -3.54. The van der Waals surface area contributed by atoms with E-state index in [4.69, 9.17) is 9.47 Å². The number of nitrogens with zero attached hydrogens (tertiary/aromatic N) is 2. The van der Waals surface area contributed by atoms with Gasteiger partial charge < -0.3 is 19.7 Å². The van der Waals surface area contributed by atoms with Gasteiger partial charge in [0.15, 0.2) is 0 Å². The summed E-state index contributed by atoms with van der Waals surface area (Å²) in [6, 6.07) is 19.1. The van der Waals surface area contributed by atoms with E-state index in [2.05, 4.69) is 10.3 Å². The Balaban J connectivity index is 1.44. The molecule has 6 nitrogen and oxygen atoms in total. The summed E-state index contributed by atoms with van der Waals surface area (Å²) in [6.07, 6.45) is 3.52. The molecule has 0 radical (unpaired) electrons. The molecule has 0 fully saturated rings. The Labute approximate surface area is 171 Å². The number of aromatic nitrogens is 1. The van der Waals surface area contributed by atoms with Crippen LogP contribution < -0.4 is 14.8 Å². The summed E-state index contributed by atoms with van der Waals surface area (Å²) in [5.41, 5.74) is 3.06. The molecule has 3 aromatic rings. The van der Waals surface area contributed by atoms with Gasteiger partial charge in [0.25, 0.3) is 0 Å². The molecule has 6 heteroatoms. The first-order valence-electron chi connectivity index (χ1n) is 9.36. The van der Waals surface area contributed by atoms with E-state index in [-0.39, 0.29) is 6.03 Å². The minimum atomic E-state index is -0.127. The molecule has 0 aliphatic rings. The summed E-state index contributed by atoms with van der Waals surface area (Å²) in [5, 5.41) is 2.93. The van der Waals surface area contributed by atoms with Crippen LogP contribution in [0.3, 0.4) is 0 Å². The summed E-state index contributed by atoms with van der Waals surface area (Å²) in [6.45, 7) is 1.45. The van der Waals surface area contributed by atoms with Crippen molar-refractivity contribution in [2.45, 2.75) is 19.7 Å². The molecule has 150 valence electrons. The van der Waals surface area contributed by atoms with Crippen LogP contribution in [0, 0.1) is 0 Å². The highest BCUT2D eigenvalue weighted by atomic mass is 16.5. The number of rotatable bonds is 8. The average molecular weight is 391 g/mol. The lowest BCUT2D eigenvalue weighted by atomic mass is 10.2. The highest BCUT2D eigenvalue weighted by Gasteiger charge is 2.09. The normalized spacial score (nSPS) is 10.3. The van der Waals surface area contributed by atoms with Crippen LogP contribution in [0.25, 0.3) is 0 Å². The fraction of sp³-hybridized carbons (Fsp3) is 0.217. The highest BCUT2D eigenvalue weighted by Crippen LogP contribution is 2.15. The number of carbonyl (C=O) groups excluding carboxylic acids is 1. The summed E-state index contributed by atoms with van der Waals surface area (Å²) < 4.78 is 10.9. The van der Waals surface area contributed by atoms with Crippen molar-refractivity contribution in [1.29, 1.82) is 0 Å². The second-order valence-corrected chi connectivity index (χ2v) is 6.66. The molecule has 29 heavy (non-hydrogen) atoms. The summed E-state index contributed by atoms with van der Waals surface area (Å²) in [7, 11) is 3.41. The summed E-state index contributed by atoms with van der Waals surface area (Å²) in [4.78, 5) is 18.0. The SMILES string of the molecule is COc1ccc(CN(C)C(=O)NCc2ccc(OCc3cccnc3)cc2)cc1. The quantitative estimate of drug-likeness (QED) is 0.630. The van der Waals surface area contributed by atoms with Crippen LogP contribution in [-0.4, -0.2) is 30.1 Å². The van der Waals surface area contributed by atoms with Gasteiger partial charge in [0.05, 0.1) is 7.11 Å². The van der Waals surface area contributed by atoms with Crippen LogP contribution in [-0.2, 0) is 19.7 Å². The number of benzene rings is 2. The van der Waals surface area contributed by atoms with Gasteiger partial charge in [-0.25, -0.2) is 4.79 Å². The molecule has 2 amide bonds. The Bertz CT molecular complexity index is 897. The monoisotopic (exact) mass is 391 g/mol. The zero-order chi connectivity index (χ0) is 20.5. The van der Waals surface area contributed by atoms with Gasteiger partial charge >= 0.3 is 6.03 Å². The Morgan fingerprint density at radius 1 is 0.966 bits per heavy atom. The van der Waals surface area contributed by atoms with Gasteiger partial charge in [0.1, 0.15) is 18.1 Å². The zero-order valence-electron chi connectivity index (χ0n) is 16.7. The molecule has 0 aliphatic carbocycles. The van der Waals surface area contributed by atoms with Crippen molar-refractivity contribution in [3.63, 3.8) is 0 Å². The molecule has 1 heterocycles. The van der Waals surface area contributed by atoms with E-state index in [1.807, 2.05) is 60.7 Å². The minimum absolute atomic E-state index is 0.127. The Morgan fingerprint density at radius 2 is 1.66 bits per heavy atom. The minimum Gasteiger partial charge on any atom is -0.497 e. The molecular weight excluding hydrogens is 366 g/mol. The van der Waals surface area contributed by atoms with Crippen LogP contribution in [0.1, 0.15) is 16.7 Å². The van der Waals surface area contributed by atoms with Crippen LogP contribution >= 0.6 is 0 Å². The molecule has 2 aromatic carbocycles. The number of urea groups is 1. The number of amides is 2. The maximum atomic E-state index is 12.3. The lowest BCUT2D eigenvalue weighted by Gasteiger charge is -2.18. The molecule has 0 saturated carbocycles. The third-order valence-electron chi connectivity index (χ3n) is 4.42. The number of hydrogen-bond donors (Lipinski definition) is 1. The first-order chi connectivity index (χ1) is 14.1. The number of ether oxygens (including phenoxy) is 2. The first kappa shape index (κ1) is 20.2. The topological polar surface area (TPSA) is 63.7 Å². The van der Waals surface area contributed by atoms with Crippen molar-refractivity contribution in [3.8, 4) is 11.5 Å². The van der Waals surface area contributed by atoms with E-state index in [9.17, 15) is 4.79 Å². The van der Waals surface area contributed by atoms with Gasteiger partial charge in [0, 0.05) is 38.1 Å². The van der Waals surface area contributed by atoms with Crippen molar-refractivity contribution in [1.82, 2.24) is 15.2 Å². The van der Waals surface area contributed by atoms with Gasteiger partial charge in [-0.15, -0.1) is 0 Å². The molecular formula is C23H25N3O3. The lowest BCUT2D eigenvalue weighted by Crippen LogP contribution is -2.36.